The Hall–Kier alpha value is -1.55. The largest absolute Gasteiger partial charge is 0.477 e. The Kier molecular flexibility index (Phi) is 3.45. The minimum Gasteiger partial charge on any atom is -0.477 e. The van der Waals surface area contributed by atoms with Crippen molar-refractivity contribution in [2.75, 3.05) is 0 Å². The number of carbonyl (C=O) groups excluding carboxylic acids is 1. The van der Waals surface area contributed by atoms with E-state index in [2.05, 4.69) is 4.40 Å². The Morgan fingerprint density at radius 1 is 1.33 bits per heavy atom. The van der Waals surface area contributed by atoms with Crippen LogP contribution in [0.2, 0.25) is 0 Å². The molecule has 0 bridgehead atoms. The number of carbonyl (C=O) groups is 2. The molecule has 1 rings (SSSR count). The molecule has 0 aromatic heterocycles. The molecule has 0 aromatic rings. The van der Waals surface area contributed by atoms with Gasteiger partial charge in [-0.1, -0.05) is 0 Å². The minimum atomic E-state index is -4.50. The van der Waals surface area contributed by atoms with Gasteiger partial charge in [0.25, 0.3) is 15.1 Å². The highest BCUT2D eigenvalue weighted by molar-refractivity contribution is 8.08. The van der Waals surface area contributed by atoms with Gasteiger partial charge in [0.15, 0.2) is 4.91 Å². The average Bonchev–Trinajstić information content (AvgIpc) is 2.52. The predicted molar refractivity (Wildman–Crippen MR) is 61.1 cm³/mol. The molecule has 1 N–H and O–H groups in total. The van der Waals surface area contributed by atoms with Crippen molar-refractivity contribution in [1.29, 1.82) is 0 Å². The number of sulfone groups is 1. The molecule has 0 radical (unpaired) electrons. The number of nitrogens with zero attached hydrogens (tertiary/aromatic N) is 1. The Morgan fingerprint density at radius 3 is 2.17 bits per heavy atom. The van der Waals surface area contributed by atoms with Crippen LogP contribution in [0.15, 0.2) is 15.4 Å². The molecule has 0 atom stereocenters. The summed E-state index contributed by atoms with van der Waals surface area (Å²) in [6.45, 7) is 2.47. The molecule has 0 unspecified atom stereocenters. The van der Waals surface area contributed by atoms with E-state index in [9.17, 15) is 26.4 Å². The lowest BCUT2D eigenvalue weighted by atomic mass is 10.3. The molecule has 1 heterocycles. The van der Waals surface area contributed by atoms with Gasteiger partial charge < -0.3 is 5.11 Å². The van der Waals surface area contributed by atoms with Crippen LogP contribution in [0.3, 0.4) is 0 Å². The zero-order valence-electron chi connectivity index (χ0n) is 9.32. The van der Waals surface area contributed by atoms with E-state index >= 15 is 0 Å². The van der Waals surface area contributed by atoms with Crippen LogP contribution in [0.4, 0.5) is 0 Å². The van der Waals surface area contributed by atoms with Crippen LogP contribution >= 0.6 is 0 Å². The molecular weight excluding hydrogens is 286 g/mol. The maximum absolute atomic E-state index is 11.5. The number of carboxylic acid groups (broad SMARTS) is 1. The molecule has 8 nitrogen and oxygen atoms in total. The summed E-state index contributed by atoms with van der Waals surface area (Å²) in [7, 11) is -8.73. The molecule has 0 aliphatic carbocycles. The van der Waals surface area contributed by atoms with Crippen molar-refractivity contribution < 1.29 is 31.5 Å². The van der Waals surface area contributed by atoms with E-state index in [1.165, 1.54) is 13.8 Å². The first-order valence-electron chi connectivity index (χ1n) is 4.58. The van der Waals surface area contributed by atoms with Crippen molar-refractivity contribution in [3.8, 4) is 0 Å². The molecule has 18 heavy (non-hydrogen) atoms. The van der Waals surface area contributed by atoms with Gasteiger partial charge >= 0.3 is 5.97 Å². The van der Waals surface area contributed by atoms with Crippen LogP contribution in [0, 0.1) is 0 Å². The molecular formula is C8H9NO7S2. The zero-order valence-corrected chi connectivity index (χ0v) is 10.9. The fraction of sp³-hybridized carbons (Fsp3) is 0.375. The Bertz CT molecular complexity index is 679. The summed E-state index contributed by atoms with van der Waals surface area (Å²) in [5.74, 6) is -1.80. The Balaban J connectivity index is 3.33. The molecule has 0 saturated heterocycles. The van der Waals surface area contributed by atoms with Gasteiger partial charge in [-0.3, -0.25) is 4.79 Å². The van der Waals surface area contributed by atoms with Gasteiger partial charge in [-0.15, -0.1) is 0 Å². The van der Waals surface area contributed by atoms with Crippen molar-refractivity contribution in [3.63, 3.8) is 0 Å². The van der Waals surface area contributed by atoms with Gasteiger partial charge in [-0.2, -0.15) is 12.8 Å². The molecule has 1 aliphatic rings. The van der Waals surface area contributed by atoms with Crippen molar-refractivity contribution in [3.05, 3.63) is 11.0 Å². The summed E-state index contributed by atoms with van der Waals surface area (Å²) in [6, 6.07) is 0. The first-order valence-corrected chi connectivity index (χ1v) is 7.57. The maximum Gasteiger partial charge on any atom is 0.349 e. The van der Waals surface area contributed by atoms with E-state index in [-0.39, 0.29) is 0 Å². The molecule has 0 saturated carbocycles. The molecule has 0 fully saturated rings. The number of allylic oxidation sites excluding steroid dienone is 1. The Morgan fingerprint density at radius 2 is 1.83 bits per heavy atom. The lowest BCUT2D eigenvalue weighted by molar-refractivity contribution is -0.131. The normalized spacial score (nSPS) is 18.4. The number of rotatable bonds is 3. The van der Waals surface area contributed by atoms with Gasteiger partial charge in [-0.05, 0) is 19.9 Å². The first-order chi connectivity index (χ1) is 8.00. The summed E-state index contributed by atoms with van der Waals surface area (Å²) >= 11 is 0. The van der Waals surface area contributed by atoms with Crippen LogP contribution in [0.25, 0.3) is 0 Å². The standard InChI is InChI=1S/C8H9NO7S2/c1-4(2)17(13,14)8(12)5-3-6(7(10)11)18(15,16)9-5/h3-4H,1-2H3,(H,10,11). The third kappa shape index (κ3) is 2.34. The SMILES string of the molecule is CC(C)S(=O)(=O)C(=O)C1=NS(=O)(=O)C(C(=O)O)=C1. The van der Waals surface area contributed by atoms with Crippen LogP contribution < -0.4 is 0 Å². The molecule has 0 amide bonds. The van der Waals surface area contributed by atoms with Gasteiger partial charge in [0.2, 0.25) is 9.84 Å². The van der Waals surface area contributed by atoms with Gasteiger partial charge in [0.05, 0.1) is 5.25 Å². The summed E-state index contributed by atoms with van der Waals surface area (Å²) in [5, 5.41) is 6.02. The number of hydrogen-bond acceptors (Lipinski definition) is 6. The van der Waals surface area contributed by atoms with Crippen LogP contribution in [0.1, 0.15) is 13.8 Å². The highest BCUT2D eigenvalue weighted by Crippen LogP contribution is 2.19. The number of sulfonamides is 1. The van der Waals surface area contributed by atoms with E-state index in [1.807, 2.05) is 0 Å². The smallest absolute Gasteiger partial charge is 0.349 e. The van der Waals surface area contributed by atoms with Crippen LogP contribution in [-0.4, -0.2) is 44.0 Å². The van der Waals surface area contributed by atoms with Crippen molar-refractivity contribution >= 4 is 36.7 Å². The van der Waals surface area contributed by atoms with Crippen molar-refractivity contribution in [2.24, 2.45) is 4.40 Å². The maximum atomic E-state index is 11.5. The summed E-state index contributed by atoms with van der Waals surface area (Å²) in [4.78, 5) is 21.0. The minimum absolute atomic E-state index is 0.444. The van der Waals surface area contributed by atoms with E-state index in [0.29, 0.717) is 6.08 Å². The summed E-state index contributed by atoms with van der Waals surface area (Å²) < 4.78 is 48.3. The third-order valence-electron chi connectivity index (χ3n) is 2.06. The molecule has 10 heteroatoms. The van der Waals surface area contributed by atoms with Gasteiger partial charge in [-0.25, -0.2) is 13.2 Å². The Labute approximate surface area is 103 Å². The lowest BCUT2D eigenvalue weighted by Gasteiger charge is -2.03. The second-order valence-electron chi connectivity index (χ2n) is 3.65. The molecule has 1 aliphatic heterocycles. The van der Waals surface area contributed by atoms with E-state index in [1.54, 1.807) is 0 Å². The number of aliphatic carboxylic acids is 1. The zero-order chi connectivity index (χ0) is 14.3. The van der Waals surface area contributed by atoms with E-state index in [0.717, 1.165) is 0 Å². The van der Waals surface area contributed by atoms with E-state index in [4.69, 9.17) is 5.11 Å². The van der Waals surface area contributed by atoms with Gasteiger partial charge in [0, 0.05) is 0 Å². The van der Waals surface area contributed by atoms with Crippen LogP contribution in [-0.2, 0) is 29.4 Å². The van der Waals surface area contributed by atoms with E-state index < -0.39 is 46.8 Å². The fourth-order valence-corrected chi connectivity index (χ4v) is 2.89. The predicted octanol–water partition coefficient (Wildman–Crippen LogP) is -0.911. The topological polar surface area (TPSA) is 135 Å². The third-order valence-corrected chi connectivity index (χ3v) is 5.32. The lowest BCUT2D eigenvalue weighted by Crippen LogP contribution is -2.29. The highest BCUT2D eigenvalue weighted by atomic mass is 32.2. The second-order valence-corrected chi connectivity index (χ2v) is 7.62. The number of carboxylic acids is 1. The van der Waals surface area contributed by atoms with Crippen molar-refractivity contribution in [2.45, 2.75) is 19.1 Å². The van der Waals surface area contributed by atoms with Crippen LogP contribution in [0.5, 0.6) is 0 Å². The molecule has 100 valence electrons. The fourth-order valence-electron chi connectivity index (χ4n) is 1.03. The monoisotopic (exact) mass is 295 g/mol. The quantitative estimate of drug-likeness (QED) is 0.711. The summed E-state index contributed by atoms with van der Waals surface area (Å²) in [5.41, 5.74) is -0.902. The first kappa shape index (κ1) is 14.5. The number of hydrogen-bond donors (Lipinski definition) is 1. The highest BCUT2D eigenvalue weighted by Gasteiger charge is 2.38. The second kappa shape index (κ2) is 4.28. The van der Waals surface area contributed by atoms with Crippen molar-refractivity contribution in [1.82, 2.24) is 0 Å². The average molecular weight is 295 g/mol. The summed E-state index contributed by atoms with van der Waals surface area (Å²) in [6.07, 6.45) is 0.444. The molecule has 0 spiro atoms. The molecule has 0 aromatic carbocycles. The van der Waals surface area contributed by atoms with Gasteiger partial charge in [0.1, 0.15) is 5.71 Å².